The van der Waals surface area contributed by atoms with Crippen LogP contribution in [0.15, 0.2) is 48.9 Å². The molecule has 0 bridgehead atoms. The van der Waals surface area contributed by atoms with Crippen molar-refractivity contribution >= 4 is 40.6 Å². The van der Waals surface area contributed by atoms with Gasteiger partial charge in [-0.2, -0.15) is 5.10 Å². The number of hydrogen-bond acceptors (Lipinski definition) is 9. The summed E-state index contributed by atoms with van der Waals surface area (Å²) in [6.07, 6.45) is 9.42. The van der Waals surface area contributed by atoms with Gasteiger partial charge >= 0.3 is 5.97 Å². The van der Waals surface area contributed by atoms with E-state index in [0.717, 1.165) is 51.0 Å². The van der Waals surface area contributed by atoms with E-state index in [4.69, 9.17) is 9.47 Å². The molecule has 3 aromatic heterocycles. The van der Waals surface area contributed by atoms with Gasteiger partial charge < -0.3 is 30.5 Å². The van der Waals surface area contributed by atoms with Crippen LogP contribution < -0.4 is 16.0 Å². The van der Waals surface area contributed by atoms with Gasteiger partial charge in [-0.15, -0.1) is 0 Å². The predicted molar refractivity (Wildman–Crippen MR) is 174 cm³/mol. The number of pyridine rings is 2. The standard InChI is InChI=1S/C34H37N7O6/c1-20-10-22(11-24-19-38-41-29(20)24)13-27(32(43)44)39-31(42)25-14-23-15-34(16-28(23)36-18-25)26-12-21(17-37-30(26)40-33(34)45)4-3-6-46-8-9-47-7-5-35-2/h3-4,10-12,14,17-19,27,35H,5-9,13,15-16H2,1-2H3,(H,38,41)(H,39,42)(H,43,44)(H,37,40,45)/b4-3+/t27-,34+/m1/s1. The maximum Gasteiger partial charge on any atom is 0.326 e. The first kappa shape index (κ1) is 32.0. The van der Waals surface area contributed by atoms with Gasteiger partial charge in [0.05, 0.1) is 49.1 Å². The lowest BCUT2D eigenvalue weighted by molar-refractivity contribution is -0.139. The molecule has 1 aliphatic carbocycles. The third kappa shape index (κ3) is 6.77. The van der Waals surface area contributed by atoms with Crippen LogP contribution in [0, 0.1) is 6.92 Å². The minimum atomic E-state index is -1.15. The minimum Gasteiger partial charge on any atom is -0.480 e. The van der Waals surface area contributed by atoms with Gasteiger partial charge in [0.25, 0.3) is 5.91 Å². The molecule has 5 N–H and O–H groups in total. The summed E-state index contributed by atoms with van der Waals surface area (Å²) in [5.74, 6) is -1.34. The summed E-state index contributed by atoms with van der Waals surface area (Å²) in [6, 6.07) is 6.25. The Morgan fingerprint density at radius 2 is 1.94 bits per heavy atom. The highest BCUT2D eigenvalue weighted by Gasteiger charge is 2.52. The number of carboxylic acids is 1. The van der Waals surface area contributed by atoms with Crippen LogP contribution in [0.25, 0.3) is 17.0 Å². The molecule has 0 fully saturated rings. The molecular formula is C34H37N7O6. The number of nitrogens with one attached hydrogen (secondary N) is 4. The molecule has 1 spiro atoms. The summed E-state index contributed by atoms with van der Waals surface area (Å²) in [6.45, 7) is 4.77. The van der Waals surface area contributed by atoms with Gasteiger partial charge in [-0.25, -0.2) is 9.78 Å². The van der Waals surface area contributed by atoms with Gasteiger partial charge in [0.1, 0.15) is 11.9 Å². The van der Waals surface area contributed by atoms with E-state index < -0.39 is 23.3 Å². The quantitative estimate of drug-likeness (QED) is 0.129. The first-order valence-corrected chi connectivity index (χ1v) is 15.5. The fourth-order valence-electron chi connectivity index (χ4n) is 6.22. The van der Waals surface area contributed by atoms with E-state index in [1.54, 1.807) is 18.5 Å². The van der Waals surface area contributed by atoms with Crippen LogP contribution in [0.1, 0.15) is 43.9 Å². The largest absolute Gasteiger partial charge is 0.480 e. The van der Waals surface area contributed by atoms with E-state index in [1.807, 2.05) is 44.3 Å². The third-order valence-electron chi connectivity index (χ3n) is 8.62. The second-order valence-electron chi connectivity index (χ2n) is 11.9. The molecule has 13 nitrogen and oxygen atoms in total. The normalized spacial score (nSPS) is 17.3. The molecule has 1 aliphatic heterocycles. The number of aryl methyl sites for hydroxylation is 1. The van der Waals surface area contributed by atoms with Gasteiger partial charge in [-0.05, 0) is 60.8 Å². The molecule has 6 rings (SSSR count). The summed E-state index contributed by atoms with van der Waals surface area (Å²) in [7, 11) is 1.87. The number of nitrogens with zero attached hydrogens (tertiary/aromatic N) is 3. The smallest absolute Gasteiger partial charge is 0.326 e. The molecule has 2 amide bonds. The molecule has 0 saturated heterocycles. The van der Waals surface area contributed by atoms with Crippen molar-refractivity contribution in [1.82, 2.24) is 30.8 Å². The molecule has 0 saturated carbocycles. The molecule has 1 aromatic carbocycles. The number of H-pyrrole nitrogens is 1. The van der Waals surface area contributed by atoms with Crippen LogP contribution in [0.2, 0.25) is 0 Å². The lowest BCUT2D eigenvalue weighted by Crippen LogP contribution is -2.42. The highest BCUT2D eigenvalue weighted by atomic mass is 16.5. The molecule has 244 valence electrons. The number of fused-ring (bicyclic) bond motifs is 4. The highest BCUT2D eigenvalue weighted by Crippen LogP contribution is 2.46. The van der Waals surface area contributed by atoms with Gasteiger partial charge in [-0.3, -0.25) is 19.7 Å². The number of aromatic amines is 1. The van der Waals surface area contributed by atoms with Crippen molar-refractivity contribution in [2.75, 3.05) is 45.3 Å². The van der Waals surface area contributed by atoms with Crippen molar-refractivity contribution in [3.8, 4) is 0 Å². The fraction of sp³-hybridized carbons (Fsp3) is 0.353. The van der Waals surface area contributed by atoms with E-state index in [2.05, 4.69) is 36.1 Å². The number of aromatic nitrogens is 4. The SMILES string of the molecule is CNCCOCCOC/C=C/c1cnc2c(c1)[C@@]1(Cc3cc(C(=O)N[C@H](Cc4cc(C)c5[nH]ncc5c4)C(=O)O)cnc3C1)C(=O)N2. The van der Waals surface area contributed by atoms with Crippen molar-refractivity contribution < 1.29 is 29.0 Å². The van der Waals surface area contributed by atoms with Gasteiger partial charge in [0.15, 0.2) is 0 Å². The van der Waals surface area contributed by atoms with Crippen LogP contribution in [0.4, 0.5) is 5.82 Å². The first-order valence-electron chi connectivity index (χ1n) is 15.5. The second kappa shape index (κ2) is 13.8. The average Bonchev–Trinajstić information content (AvgIpc) is 3.75. The molecule has 13 heteroatoms. The minimum absolute atomic E-state index is 0.1000. The molecule has 4 heterocycles. The molecule has 4 aromatic rings. The molecule has 47 heavy (non-hydrogen) atoms. The zero-order chi connectivity index (χ0) is 33.0. The summed E-state index contributed by atoms with van der Waals surface area (Å²) >= 11 is 0. The number of benzene rings is 1. The summed E-state index contributed by atoms with van der Waals surface area (Å²) in [4.78, 5) is 47.9. The second-order valence-corrected chi connectivity index (χ2v) is 11.9. The molecule has 0 radical (unpaired) electrons. The molecule has 0 unspecified atom stereocenters. The number of rotatable bonds is 14. The Labute approximate surface area is 271 Å². The zero-order valence-electron chi connectivity index (χ0n) is 26.3. The van der Waals surface area contributed by atoms with Crippen molar-refractivity contribution in [2.45, 2.75) is 37.6 Å². The third-order valence-corrected chi connectivity index (χ3v) is 8.62. The first-order chi connectivity index (χ1) is 22.8. The number of carbonyl (C=O) groups excluding carboxylic acids is 2. The fourth-order valence-corrected chi connectivity index (χ4v) is 6.22. The van der Waals surface area contributed by atoms with Crippen LogP contribution in [0.3, 0.4) is 0 Å². The van der Waals surface area contributed by atoms with E-state index >= 15 is 0 Å². The number of likely N-dealkylation sites (N-methyl/N-ethyl adjacent to an activating group) is 1. The topological polar surface area (TPSA) is 180 Å². The van der Waals surface area contributed by atoms with Gasteiger partial charge in [0, 0.05) is 48.4 Å². The summed E-state index contributed by atoms with van der Waals surface area (Å²) < 4.78 is 11.0. The Balaban J connectivity index is 1.12. The van der Waals surface area contributed by atoms with Gasteiger partial charge in [0.2, 0.25) is 5.91 Å². The monoisotopic (exact) mass is 639 g/mol. The number of hydrogen-bond donors (Lipinski definition) is 5. The Kier molecular flexibility index (Phi) is 9.38. The Hall–Kier alpha value is -4.98. The zero-order valence-corrected chi connectivity index (χ0v) is 26.3. The Bertz CT molecular complexity index is 1850. The number of carboxylic acid groups (broad SMARTS) is 1. The van der Waals surface area contributed by atoms with Crippen LogP contribution >= 0.6 is 0 Å². The van der Waals surface area contributed by atoms with E-state index in [1.165, 1.54) is 6.20 Å². The summed E-state index contributed by atoms with van der Waals surface area (Å²) in [5.41, 5.74) is 5.02. The Morgan fingerprint density at radius 1 is 1.09 bits per heavy atom. The predicted octanol–water partition coefficient (Wildman–Crippen LogP) is 2.34. The highest BCUT2D eigenvalue weighted by molar-refractivity contribution is 6.06. The number of aliphatic carboxylic acids is 1. The van der Waals surface area contributed by atoms with E-state index in [0.29, 0.717) is 45.1 Å². The molecular weight excluding hydrogens is 602 g/mol. The molecule has 2 aliphatic rings. The lowest BCUT2D eigenvalue weighted by atomic mass is 9.79. The van der Waals surface area contributed by atoms with E-state index in [9.17, 15) is 19.5 Å². The van der Waals surface area contributed by atoms with Crippen molar-refractivity contribution in [1.29, 1.82) is 0 Å². The van der Waals surface area contributed by atoms with E-state index in [-0.39, 0.29) is 17.9 Å². The van der Waals surface area contributed by atoms with Gasteiger partial charge in [-0.1, -0.05) is 18.2 Å². The van der Waals surface area contributed by atoms with Crippen molar-refractivity contribution in [2.24, 2.45) is 0 Å². The maximum atomic E-state index is 13.4. The van der Waals surface area contributed by atoms with Crippen LogP contribution in [0.5, 0.6) is 0 Å². The average molecular weight is 640 g/mol. The molecule has 2 atom stereocenters. The summed E-state index contributed by atoms with van der Waals surface area (Å²) in [5, 5.41) is 26.4. The lowest BCUT2D eigenvalue weighted by Gasteiger charge is -2.20. The number of amides is 2. The number of anilines is 1. The van der Waals surface area contributed by atoms with Crippen molar-refractivity contribution in [3.05, 3.63) is 88.0 Å². The Morgan fingerprint density at radius 3 is 2.77 bits per heavy atom. The maximum absolute atomic E-state index is 13.4. The van der Waals surface area contributed by atoms with Crippen LogP contribution in [-0.4, -0.2) is 89.1 Å². The number of ether oxygens (including phenoxy) is 2. The van der Waals surface area contributed by atoms with Crippen LogP contribution in [-0.2, 0) is 43.7 Å². The number of carbonyl (C=O) groups is 3. The van der Waals surface area contributed by atoms with Crippen molar-refractivity contribution in [3.63, 3.8) is 0 Å².